The summed E-state index contributed by atoms with van der Waals surface area (Å²) in [4.78, 5) is 13.9. The first kappa shape index (κ1) is 15.2. The molecule has 0 spiro atoms. The molecule has 1 amide bonds. The number of carbonyl (C=O) groups is 1. The molecule has 1 fully saturated rings. The summed E-state index contributed by atoms with van der Waals surface area (Å²) in [6.07, 6.45) is 0.689. The maximum atomic E-state index is 12.3. The molecular weight excluding hydrogens is 302 g/mol. The fourth-order valence-electron chi connectivity index (χ4n) is 3.72. The summed E-state index contributed by atoms with van der Waals surface area (Å²) in [5, 5.41) is 9.39. The van der Waals surface area contributed by atoms with Crippen LogP contribution >= 0.6 is 0 Å². The Balaban J connectivity index is 1.49. The summed E-state index contributed by atoms with van der Waals surface area (Å²) in [5.41, 5.74) is 4.88. The Bertz CT molecular complexity index is 721. The summed E-state index contributed by atoms with van der Waals surface area (Å²) >= 11 is 0. The molecule has 0 aromatic heterocycles. The standard InChI is InChI=1S/C20H21NO3/c1-21(13-10-14(22)11-13)20(23)24-12-19-17-8-4-2-6-15(17)16-7-3-5-9-18(16)19/h2-9,13-14,19,22H,10-12H2,1H3. The van der Waals surface area contributed by atoms with E-state index in [-0.39, 0.29) is 24.2 Å². The Morgan fingerprint density at radius 1 is 1.08 bits per heavy atom. The van der Waals surface area contributed by atoms with Crippen LogP contribution in [0, 0.1) is 0 Å². The predicted octanol–water partition coefficient (Wildman–Crippen LogP) is 3.39. The number of carbonyl (C=O) groups excluding carboxylic acids is 1. The largest absolute Gasteiger partial charge is 0.448 e. The van der Waals surface area contributed by atoms with Crippen molar-refractivity contribution in [1.29, 1.82) is 0 Å². The van der Waals surface area contributed by atoms with Crippen LogP contribution in [0.4, 0.5) is 4.79 Å². The van der Waals surface area contributed by atoms with Crippen molar-refractivity contribution >= 4 is 6.09 Å². The topological polar surface area (TPSA) is 49.8 Å². The number of rotatable bonds is 3. The molecule has 124 valence electrons. The molecule has 2 aromatic rings. The lowest BCUT2D eigenvalue weighted by atomic mass is 9.89. The normalized spacial score (nSPS) is 21.6. The molecule has 0 atom stereocenters. The van der Waals surface area contributed by atoms with Crippen molar-refractivity contribution in [2.45, 2.75) is 30.9 Å². The van der Waals surface area contributed by atoms with Gasteiger partial charge in [-0.25, -0.2) is 4.79 Å². The minimum atomic E-state index is -0.311. The Labute approximate surface area is 141 Å². The third kappa shape index (κ3) is 2.47. The summed E-state index contributed by atoms with van der Waals surface area (Å²) < 4.78 is 5.60. The molecular formula is C20H21NO3. The van der Waals surface area contributed by atoms with E-state index in [1.54, 1.807) is 11.9 Å². The van der Waals surface area contributed by atoms with Crippen LogP contribution in [0.1, 0.15) is 29.9 Å². The van der Waals surface area contributed by atoms with Gasteiger partial charge in [0, 0.05) is 19.0 Å². The van der Waals surface area contributed by atoms with Crippen molar-refractivity contribution in [3.63, 3.8) is 0 Å². The minimum Gasteiger partial charge on any atom is -0.448 e. The van der Waals surface area contributed by atoms with Gasteiger partial charge in [-0.15, -0.1) is 0 Å². The van der Waals surface area contributed by atoms with Gasteiger partial charge < -0.3 is 14.7 Å². The van der Waals surface area contributed by atoms with E-state index in [2.05, 4.69) is 24.3 Å². The zero-order valence-electron chi connectivity index (χ0n) is 13.7. The molecule has 1 N–H and O–H groups in total. The van der Waals surface area contributed by atoms with Gasteiger partial charge in [0.25, 0.3) is 0 Å². The highest BCUT2D eigenvalue weighted by Crippen LogP contribution is 2.44. The molecule has 24 heavy (non-hydrogen) atoms. The molecule has 4 nitrogen and oxygen atoms in total. The maximum absolute atomic E-state index is 12.3. The molecule has 0 aliphatic heterocycles. The van der Waals surface area contributed by atoms with Crippen LogP contribution in [0.2, 0.25) is 0 Å². The lowest BCUT2D eigenvalue weighted by Crippen LogP contribution is -2.48. The number of fused-ring (bicyclic) bond motifs is 3. The molecule has 0 unspecified atom stereocenters. The second kappa shape index (κ2) is 5.95. The van der Waals surface area contributed by atoms with E-state index in [0.29, 0.717) is 19.4 Å². The number of nitrogens with zero attached hydrogens (tertiary/aromatic N) is 1. The summed E-state index contributed by atoms with van der Waals surface area (Å²) in [7, 11) is 1.75. The molecule has 4 rings (SSSR count). The van der Waals surface area contributed by atoms with Crippen LogP contribution in [-0.2, 0) is 4.74 Å². The van der Waals surface area contributed by atoms with Gasteiger partial charge in [-0.2, -0.15) is 0 Å². The highest BCUT2D eigenvalue weighted by Gasteiger charge is 2.34. The van der Waals surface area contributed by atoms with E-state index >= 15 is 0 Å². The van der Waals surface area contributed by atoms with Gasteiger partial charge >= 0.3 is 6.09 Å². The zero-order valence-corrected chi connectivity index (χ0v) is 13.7. The van der Waals surface area contributed by atoms with Gasteiger partial charge in [0.2, 0.25) is 0 Å². The third-order valence-corrected chi connectivity index (χ3v) is 5.26. The van der Waals surface area contributed by atoms with Crippen molar-refractivity contribution in [2.75, 3.05) is 13.7 Å². The van der Waals surface area contributed by atoms with E-state index in [0.717, 1.165) is 0 Å². The lowest BCUT2D eigenvalue weighted by molar-refractivity contribution is 0.00816. The quantitative estimate of drug-likeness (QED) is 0.942. The van der Waals surface area contributed by atoms with Crippen LogP contribution in [0.3, 0.4) is 0 Å². The monoisotopic (exact) mass is 323 g/mol. The van der Waals surface area contributed by atoms with E-state index in [4.69, 9.17) is 4.74 Å². The number of aliphatic hydroxyl groups excluding tert-OH is 1. The molecule has 2 aromatic carbocycles. The third-order valence-electron chi connectivity index (χ3n) is 5.26. The first-order chi connectivity index (χ1) is 11.6. The van der Waals surface area contributed by atoms with Crippen molar-refractivity contribution in [1.82, 2.24) is 4.90 Å². The van der Waals surface area contributed by atoms with Gasteiger partial charge in [0.05, 0.1) is 6.10 Å². The summed E-state index contributed by atoms with van der Waals surface area (Å²) in [6, 6.07) is 16.7. The van der Waals surface area contributed by atoms with Crippen LogP contribution in [-0.4, -0.2) is 41.9 Å². The van der Waals surface area contributed by atoms with Crippen LogP contribution in [0.25, 0.3) is 11.1 Å². The molecule has 0 radical (unpaired) electrons. The van der Waals surface area contributed by atoms with E-state index in [1.165, 1.54) is 22.3 Å². The van der Waals surface area contributed by atoms with Crippen molar-refractivity contribution in [3.05, 3.63) is 59.7 Å². The van der Waals surface area contributed by atoms with Crippen molar-refractivity contribution in [3.8, 4) is 11.1 Å². The van der Waals surface area contributed by atoms with Gasteiger partial charge in [-0.05, 0) is 35.1 Å². The number of hydrogen-bond donors (Lipinski definition) is 1. The number of aliphatic hydroxyl groups is 1. The number of benzene rings is 2. The van der Waals surface area contributed by atoms with Crippen molar-refractivity contribution in [2.24, 2.45) is 0 Å². The van der Waals surface area contributed by atoms with Crippen molar-refractivity contribution < 1.29 is 14.6 Å². The SMILES string of the molecule is CN(C(=O)OCC1c2ccccc2-c2ccccc21)C1CC(O)C1. The second-order valence-corrected chi connectivity index (χ2v) is 6.69. The lowest BCUT2D eigenvalue weighted by Gasteiger charge is -2.37. The van der Waals surface area contributed by atoms with Crippen LogP contribution in [0.15, 0.2) is 48.5 Å². The highest BCUT2D eigenvalue weighted by atomic mass is 16.6. The first-order valence-corrected chi connectivity index (χ1v) is 8.41. The molecule has 0 heterocycles. The van der Waals surface area contributed by atoms with Gasteiger partial charge in [-0.3, -0.25) is 0 Å². The Hall–Kier alpha value is -2.33. The smallest absolute Gasteiger partial charge is 0.409 e. The second-order valence-electron chi connectivity index (χ2n) is 6.69. The fraction of sp³-hybridized carbons (Fsp3) is 0.350. The van der Waals surface area contributed by atoms with Gasteiger partial charge in [0.15, 0.2) is 0 Å². The fourth-order valence-corrected chi connectivity index (χ4v) is 3.72. The van der Waals surface area contributed by atoms with E-state index in [1.807, 2.05) is 24.3 Å². The minimum absolute atomic E-state index is 0.0849. The van der Waals surface area contributed by atoms with E-state index < -0.39 is 0 Å². The number of ether oxygens (including phenoxy) is 1. The average molecular weight is 323 g/mol. The molecule has 0 bridgehead atoms. The highest BCUT2D eigenvalue weighted by molar-refractivity contribution is 5.79. The number of hydrogen-bond acceptors (Lipinski definition) is 3. The maximum Gasteiger partial charge on any atom is 0.409 e. The Morgan fingerprint density at radius 3 is 2.17 bits per heavy atom. The molecule has 1 saturated carbocycles. The molecule has 0 saturated heterocycles. The molecule has 2 aliphatic carbocycles. The Morgan fingerprint density at radius 2 is 1.62 bits per heavy atom. The molecule has 2 aliphatic rings. The Kier molecular flexibility index (Phi) is 3.77. The first-order valence-electron chi connectivity index (χ1n) is 8.41. The summed E-state index contributed by atoms with van der Waals surface area (Å²) in [6.45, 7) is 0.340. The average Bonchev–Trinajstić information content (AvgIpc) is 2.90. The van der Waals surface area contributed by atoms with Crippen LogP contribution < -0.4 is 0 Å². The summed E-state index contributed by atoms with van der Waals surface area (Å²) in [5.74, 6) is 0.0849. The number of amides is 1. The zero-order chi connectivity index (χ0) is 16.7. The van der Waals surface area contributed by atoms with Gasteiger partial charge in [-0.1, -0.05) is 48.5 Å². The van der Waals surface area contributed by atoms with Gasteiger partial charge in [0.1, 0.15) is 6.61 Å². The predicted molar refractivity (Wildman–Crippen MR) is 91.9 cm³/mol. The van der Waals surface area contributed by atoms with Crippen LogP contribution in [0.5, 0.6) is 0 Å². The van der Waals surface area contributed by atoms with E-state index in [9.17, 15) is 9.90 Å². The molecule has 4 heteroatoms.